The van der Waals surface area contributed by atoms with Gasteiger partial charge in [0.1, 0.15) is 0 Å². The van der Waals surface area contributed by atoms with Gasteiger partial charge in [0.05, 0.1) is 22.5 Å². The molecule has 1 aliphatic heterocycles. The van der Waals surface area contributed by atoms with Gasteiger partial charge in [0.25, 0.3) is 0 Å². The molecular formula is C15H24N4O3S2. The lowest BCUT2D eigenvalue weighted by atomic mass is 9.85. The number of sulfonamides is 1. The Hall–Kier alpha value is -1.32. The maximum atomic E-state index is 11.6. The molecule has 2 N–H and O–H groups in total. The summed E-state index contributed by atoms with van der Waals surface area (Å²) in [4.78, 5) is 9.59. The van der Waals surface area contributed by atoms with E-state index in [0.717, 1.165) is 22.0 Å². The molecule has 0 saturated heterocycles. The lowest BCUT2D eigenvalue weighted by Crippen LogP contribution is -2.29. The van der Waals surface area contributed by atoms with Gasteiger partial charge >= 0.3 is 0 Å². The van der Waals surface area contributed by atoms with E-state index in [1.807, 2.05) is 41.5 Å². The fraction of sp³-hybridized carbons (Fsp3) is 0.600. The van der Waals surface area contributed by atoms with Gasteiger partial charge in [-0.25, -0.2) is 18.4 Å². The molecule has 0 unspecified atom stereocenters. The second-order valence-electron chi connectivity index (χ2n) is 7.81. The highest BCUT2D eigenvalue weighted by Crippen LogP contribution is 2.40. The first-order valence-corrected chi connectivity index (χ1v) is 10.1. The minimum Gasteiger partial charge on any atom is -0.504 e. The molecule has 0 radical (unpaired) electrons. The molecule has 0 atom stereocenters. The van der Waals surface area contributed by atoms with Crippen LogP contribution >= 0.6 is 11.9 Å². The first-order chi connectivity index (χ1) is 10.7. The quantitative estimate of drug-likeness (QED) is 0.770. The molecule has 0 amide bonds. The highest BCUT2D eigenvalue weighted by molar-refractivity contribution is 8.14. The molecule has 24 heavy (non-hydrogen) atoms. The Morgan fingerprint density at radius 1 is 1.08 bits per heavy atom. The summed E-state index contributed by atoms with van der Waals surface area (Å²) in [5, 5.41) is 10.6. The van der Waals surface area contributed by atoms with Gasteiger partial charge in [0.2, 0.25) is 10.0 Å². The van der Waals surface area contributed by atoms with Crippen molar-refractivity contribution in [3.63, 3.8) is 0 Å². The largest absolute Gasteiger partial charge is 0.504 e. The average Bonchev–Trinajstić information content (AvgIpc) is 2.85. The third-order valence-electron chi connectivity index (χ3n) is 3.31. The lowest BCUT2D eigenvalue weighted by Gasteiger charge is -2.26. The van der Waals surface area contributed by atoms with Gasteiger partial charge in [-0.1, -0.05) is 45.4 Å². The van der Waals surface area contributed by atoms with E-state index < -0.39 is 10.0 Å². The molecule has 1 aromatic heterocycles. The Morgan fingerprint density at radius 2 is 1.54 bits per heavy atom. The molecule has 0 aliphatic carbocycles. The van der Waals surface area contributed by atoms with Crippen LogP contribution in [0.2, 0.25) is 0 Å². The van der Waals surface area contributed by atoms with Crippen LogP contribution in [-0.2, 0) is 20.9 Å². The number of aromatic hydroxyl groups is 1. The number of nitrogens with zero attached hydrogens (tertiary/aromatic N) is 3. The molecule has 0 fully saturated rings. The van der Waals surface area contributed by atoms with Crippen LogP contribution in [-0.4, -0.2) is 33.6 Å². The molecule has 0 aromatic carbocycles. The van der Waals surface area contributed by atoms with Crippen molar-refractivity contribution in [2.75, 3.05) is 6.26 Å². The van der Waals surface area contributed by atoms with Gasteiger partial charge in [-0.3, -0.25) is 0 Å². The summed E-state index contributed by atoms with van der Waals surface area (Å²) < 4.78 is 24.3. The Balaban J connectivity index is 2.57. The summed E-state index contributed by atoms with van der Waals surface area (Å²) in [7, 11) is -3.40. The van der Waals surface area contributed by atoms with E-state index >= 15 is 0 Å². The smallest absolute Gasteiger partial charge is 0.238 e. The molecular weight excluding hydrogens is 348 g/mol. The Bertz CT molecular complexity index is 755. The van der Waals surface area contributed by atoms with Crippen LogP contribution in [0, 0.1) is 0 Å². The molecule has 134 valence electrons. The maximum absolute atomic E-state index is 11.6. The third kappa shape index (κ3) is 3.84. The van der Waals surface area contributed by atoms with Gasteiger partial charge in [-0.15, -0.1) is 0 Å². The van der Waals surface area contributed by atoms with Crippen LogP contribution in [0.15, 0.2) is 6.20 Å². The van der Waals surface area contributed by atoms with Crippen molar-refractivity contribution < 1.29 is 13.5 Å². The van der Waals surface area contributed by atoms with E-state index in [-0.39, 0.29) is 16.6 Å². The molecule has 2 heterocycles. The second kappa shape index (κ2) is 5.89. The fourth-order valence-electron chi connectivity index (χ4n) is 2.13. The van der Waals surface area contributed by atoms with Crippen molar-refractivity contribution >= 4 is 26.9 Å². The fourth-order valence-corrected chi connectivity index (χ4v) is 3.72. The summed E-state index contributed by atoms with van der Waals surface area (Å²) in [6.45, 7) is 11.8. The van der Waals surface area contributed by atoms with Gasteiger partial charge in [-0.2, -0.15) is 0 Å². The normalized spacial score (nSPS) is 16.9. The van der Waals surface area contributed by atoms with E-state index in [4.69, 9.17) is 0 Å². The number of hydrogen-bond donors (Lipinski definition) is 2. The van der Waals surface area contributed by atoms with E-state index in [9.17, 15) is 13.5 Å². The van der Waals surface area contributed by atoms with Gasteiger partial charge in [0.15, 0.2) is 11.6 Å². The van der Waals surface area contributed by atoms with Crippen LogP contribution < -0.4 is 5.43 Å². The van der Waals surface area contributed by atoms with Gasteiger partial charge in [0, 0.05) is 29.0 Å². The zero-order valence-corrected chi connectivity index (χ0v) is 16.6. The SMILES string of the molecule is CC(C)(C)c1nc(C2=CNN(S(C)(=O)=O)S2)nc(C(C)(C)C)c1O. The molecule has 7 nitrogen and oxygen atoms in total. The number of rotatable bonds is 2. The van der Waals surface area contributed by atoms with Crippen molar-refractivity contribution in [3.8, 4) is 5.75 Å². The number of aromatic nitrogens is 2. The van der Waals surface area contributed by atoms with Crippen molar-refractivity contribution in [2.24, 2.45) is 0 Å². The lowest BCUT2D eigenvalue weighted by molar-refractivity contribution is 0.406. The van der Waals surface area contributed by atoms with E-state index in [0.29, 0.717) is 22.1 Å². The molecule has 1 aliphatic rings. The van der Waals surface area contributed by atoms with E-state index in [1.165, 1.54) is 0 Å². The summed E-state index contributed by atoms with van der Waals surface area (Å²) in [6, 6.07) is 0. The average molecular weight is 373 g/mol. The summed E-state index contributed by atoms with van der Waals surface area (Å²) >= 11 is 1.00. The minimum absolute atomic E-state index is 0.0928. The van der Waals surface area contributed by atoms with Gasteiger partial charge in [-0.05, 0) is 0 Å². The minimum atomic E-state index is -3.40. The van der Waals surface area contributed by atoms with Crippen LogP contribution in [0.4, 0.5) is 0 Å². The first-order valence-electron chi connectivity index (χ1n) is 7.48. The van der Waals surface area contributed by atoms with Crippen molar-refractivity contribution in [2.45, 2.75) is 52.4 Å². The maximum Gasteiger partial charge on any atom is 0.238 e. The first kappa shape index (κ1) is 19.0. The summed E-state index contributed by atoms with van der Waals surface area (Å²) in [5.74, 6) is 0.488. The summed E-state index contributed by atoms with van der Waals surface area (Å²) in [6.07, 6.45) is 2.67. The zero-order chi connectivity index (χ0) is 18.5. The number of hydrazine groups is 1. The van der Waals surface area contributed by atoms with Crippen LogP contribution in [0.25, 0.3) is 4.91 Å². The van der Waals surface area contributed by atoms with Crippen LogP contribution in [0.1, 0.15) is 58.8 Å². The molecule has 0 spiro atoms. The van der Waals surface area contributed by atoms with Crippen LogP contribution in [0.3, 0.4) is 0 Å². The Morgan fingerprint density at radius 3 is 1.88 bits per heavy atom. The summed E-state index contributed by atoms with van der Waals surface area (Å²) in [5.41, 5.74) is 3.00. The van der Waals surface area contributed by atoms with Crippen molar-refractivity contribution in [1.82, 2.24) is 19.2 Å². The number of nitrogens with one attached hydrogen (secondary N) is 1. The monoisotopic (exact) mass is 372 g/mol. The second-order valence-corrected chi connectivity index (χ2v) is 10.9. The van der Waals surface area contributed by atoms with Crippen molar-refractivity contribution in [1.29, 1.82) is 0 Å². The number of hydrogen-bond acceptors (Lipinski definition) is 7. The van der Waals surface area contributed by atoms with E-state index in [2.05, 4.69) is 15.4 Å². The molecule has 0 bridgehead atoms. The molecule has 9 heteroatoms. The predicted octanol–water partition coefficient (Wildman–Crippen LogP) is 2.50. The Labute approximate surface area is 147 Å². The standard InChI is InChI=1S/C15H24N4O3S2/c1-14(2,3)11-10(20)12(15(4,5)6)18-13(17-11)9-8-16-19(23-9)24(7,21)22/h8,16,20H,1-7H3. The van der Waals surface area contributed by atoms with Crippen LogP contribution in [0.5, 0.6) is 5.75 Å². The molecule has 2 rings (SSSR count). The zero-order valence-electron chi connectivity index (χ0n) is 15.0. The van der Waals surface area contributed by atoms with Crippen molar-refractivity contribution in [3.05, 3.63) is 23.4 Å². The Kier molecular flexibility index (Phi) is 4.66. The predicted molar refractivity (Wildman–Crippen MR) is 96.5 cm³/mol. The van der Waals surface area contributed by atoms with E-state index in [1.54, 1.807) is 6.20 Å². The molecule has 1 aromatic rings. The van der Waals surface area contributed by atoms with Gasteiger partial charge < -0.3 is 10.5 Å². The highest BCUT2D eigenvalue weighted by atomic mass is 32.3. The highest BCUT2D eigenvalue weighted by Gasteiger charge is 2.32. The topological polar surface area (TPSA) is 95.4 Å². The molecule has 0 saturated carbocycles. The third-order valence-corrected chi connectivity index (χ3v) is 5.82.